The van der Waals surface area contributed by atoms with E-state index in [0.29, 0.717) is 29.1 Å². The molecular weight excluding hydrogens is 359 g/mol. The van der Waals surface area contributed by atoms with Crippen LogP contribution in [-0.2, 0) is 6.54 Å². The first-order valence-electron chi connectivity index (χ1n) is 12.2. The van der Waals surface area contributed by atoms with Crippen LogP contribution in [0, 0.1) is 41.9 Å². The number of hydrogen-bond acceptors (Lipinski definition) is 1. The van der Waals surface area contributed by atoms with Crippen molar-refractivity contribution in [3.63, 3.8) is 0 Å². The van der Waals surface area contributed by atoms with E-state index in [1.54, 1.807) is 0 Å². The predicted molar refractivity (Wildman–Crippen MR) is 118 cm³/mol. The smallest absolute Gasteiger partial charge is 0.116 e. The molecule has 7 atom stereocenters. The molecule has 0 aliphatic heterocycles. The second-order valence-corrected chi connectivity index (χ2v) is 10.8. The Morgan fingerprint density at radius 1 is 1.21 bits per heavy atom. The van der Waals surface area contributed by atoms with Crippen molar-refractivity contribution in [2.75, 3.05) is 0 Å². The molecular formula is C26H41FN2. The molecule has 3 heteroatoms. The van der Waals surface area contributed by atoms with E-state index in [0.717, 1.165) is 38.6 Å². The molecule has 0 N–H and O–H groups in total. The van der Waals surface area contributed by atoms with Gasteiger partial charge in [0.25, 0.3) is 0 Å². The van der Waals surface area contributed by atoms with Gasteiger partial charge in [0.05, 0.1) is 12.7 Å². The third kappa shape index (κ3) is 3.41. The first-order valence-corrected chi connectivity index (χ1v) is 12.2. The molecule has 3 fully saturated rings. The number of aromatic nitrogens is 2. The van der Waals surface area contributed by atoms with Crippen molar-refractivity contribution in [3.8, 4) is 0 Å². The maximum Gasteiger partial charge on any atom is 0.116 e. The second kappa shape index (κ2) is 7.85. The highest BCUT2D eigenvalue weighted by molar-refractivity contribution is 5.17. The van der Waals surface area contributed by atoms with E-state index in [4.69, 9.17) is 0 Å². The Bertz CT molecular complexity index is 739. The lowest BCUT2D eigenvalue weighted by Gasteiger charge is -2.57. The summed E-state index contributed by atoms with van der Waals surface area (Å²) in [6.07, 6.45) is 13.9. The van der Waals surface area contributed by atoms with Crippen LogP contribution in [-0.4, -0.2) is 15.4 Å². The quantitative estimate of drug-likeness (QED) is 0.464. The lowest BCUT2D eigenvalue weighted by atomic mass is 9.49. The van der Waals surface area contributed by atoms with Crippen molar-refractivity contribution in [1.82, 2.24) is 9.78 Å². The van der Waals surface area contributed by atoms with Crippen LogP contribution in [0.25, 0.3) is 0 Å². The van der Waals surface area contributed by atoms with Crippen molar-refractivity contribution < 1.29 is 4.39 Å². The summed E-state index contributed by atoms with van der Waals surface area (Å²) in [5, 5.41) is 4.48. The van der Waals surface area contributed by atoms with Gasteiger partial charge in [0.2, 0.25) is 0 Å². The molecule has 0 spiro atoms. The Morgan fingerprint density at radius 2 is 2.00 bits per heavy atom. The molecule has 7 unspecified atom stereocenters. The molecule has 3 saturated carbocycles. The Hall–Kier alpha value is -1.12. The van der Waals surface area contributed by atoms with Crippen molar-refractivity contribution in [2.24, 2.45) is 35.0 Å². The SMILES string of the molecule is C=C(Cn1cc(C)cn1)C1CCC2C3CCC(CC)C(F)(CCC)C3CCC12C. The first-order chi connectivity index (χ1) is 13.8. The molecule has 0 aromatic carbocycles. The third-order valence-corrected chi connectivity index (χ3v) is 9.33. The van der Waals surface area contributed by atoms with E-state index in [9.17, 15) is 0 Å². The Balaban J connectivity index is 1.54. The van der Waals surface area contributed by atoms with Gasteiger partial charge in [-0.15, -0.1) is 0 Å². The minimum absolute atomic E-state index is 0.281. The van der Waals surface area contributed by atoms with Crippen LogP contribution in [0.5, 0.6) is 0 Å². The first kappa shape index (κ1) is 21.1. The molecule has 4 rings (SSSR count). The van der Waals surface area contributed by atoms with Gasteiger partial charge in [-0.25, -0.2) is 4.39 Å². The van der Waals surface area contributed by atoms with Gasteiger partial charge in [-0.1, -0.05) is 45.8 Å². The van der Waals surface area contributed by atoms with Crippen LogP contribution < -0.4 is 0 Å². The normalized spacial score (nSPS) is 41.8. The summed E-state index contributed by atoms with van der Waals surface area (Å²) in [6, 6.07) is 0. The Labute approximate surface area is 177 Å². The van der Waals surface area contributed by atoms with Gasteiger partial charge >= 0.3 is 0 Å². The Morgan fingerprint density at radius 3 is 2.66 bits per heavy atom. The highest BCUT2D eigenvalue weighted by atomic mass is 19.1. The Kier molecular flexibility index (Phi) is 5.72. The van der Waals surface area contributed by atoms with Gasteiger partial charge in [0.1, 0.15) is 5.67 Å². The molecule has 162 valence electrons. The van der Waals surface area contributed by atoms with Crippen LogP contribution in [0.15, 0.2) is 24.5 Å². The van der Waals surface area contributed by atoms with E-state index in [1.807, 2.05) is 10.9 Å². The van der Waals surface area contributed by atoms with Gasteiger partial charge in [-0.2, -0.15) is 5.10 Å². The maximum atomic E-state index is 16.5. The van der Waals surface area contributed by atoms with Crippen molar-refractivity contribution in [3.05, 3.63) is 30.1 Å². The summed E-state index contributed by atoms with van der Waals surface area (Å²) in [4.78, 5) is 0. The van der Waals surface area contributed by atoms with Crippen LogP contribution in [0.4, 0.5) is 4.39 Å². The number of halogens is 1. The van der Waals surface area contributed by atoms with Crippen LogP contribution in [0.2, 0.25) is 0 Å². The lowest BCUT2D eigenvalue weighted by Crippen LogP contribution is -2.54. The number of rotatable bonds is 6. The molecule has 2 nitrogen and oxygen atoms in total. The number of allylic oxidation sites excluding steroid dienone is 1. The fourth-order valence-corrected chi connectivity index (χ4v) is 8.08. The topological polar surface area (TPSA) is 17.8 Å². The zero-order chi connectivity index (χ0) is 20.8. The average Bonchev–Trinajstić information content (AvgIpc) is 3.24. The summed E-state index contributed by atoms with van der Waals surface area (Å²) < 4.78 is 18.5. The largest absolute Gasteiger partial charge is 0.268 e. The third-order valence-electron chi connectivity index (χ3n) is 9.33. The molecule has 0 radical (unpaired) electrons. The van der Waals surface area contributed by atoms with Crippen LogP contribution in [0.1, 0.15) is 84.1 Å². The monoisotopic (exact) mass is 400 g/mol. The van der Waals surface area contributed by atoms with E-state index in [-0.39, 0.29) is 5.92 Å². The van der Waals surface area contributed by atoms with E-state index in [2.05, 4.69) is 45.6 Å². The van der Waals surface area contributed by atoms with Gasteiger partial charge < -0.3 is 0 Å². The van der Waals surface area contributed by atoms with Gasteiger partial charge in [-0.05, 0) is 92.4 Å². The minimum atomic E-state index is -0.921. The second-order valence-electron chi connectivity index (χ2n) is 10.8. The zero-order valence-corrected chi connectivity index (χ0v) is 19.1. The van der Waals surface area contributed by atoms with E-state index >= 15 is 4.39 Å². The number of hydrogen-bond donors (Lipinski definition) is 0. The highest BCUT2D eigenvalue weighted by Gasteiger charge is 2.60. The zero-order valence-electron chi connectivity index (χ0n) is 19.1. The fourth-order valence-electron chi connectivity index (χ4n) is 8.08. The molecule has 0 bridgehead atoms. The summed E-state index contributed by atoms with van der Waals surface area (Å²) in [5.74, 6) is 2.38. The number of aryl methyl sites for hydroxylation is 1. The number of alkyl halides is 1. The molecule has 29 heavy (non-hydrogen) atoms. The van der Waals surface area contributed by atoms with E-state index < -0.39 is 5.67 Å². The standard InChI is InChI=1S/C26H41FN2/c1-6-13-26(27)20(7-2)8-9-21-23-11-10-22(25(23,5)14-12-24(21)26)19(4)17-29-16-18(3)15-28-29/h15-16,20-24H,4,6-14,17H2,1-3,5H3. The summed E-state index contributed by atoms with van der Waals surface area (Å²) >= 11 is 0. The molecule has 3 aliphatic rings. The minimum Gasteiger partial charge on any atom is -0.268 e. The molecule has 0 saturated heterocycles. The van der Waals surface area contributed by atoms with Gasteiger partial charge in [0.15, 0.2) is 0 Å². The molecule has 1 heterocycles. The van der Waals surface area contributed by atoms with Crippen LogP contribution in [0.3, 0.4) is 0 Å². The van der Waals surface area contributed by atoms with E-state index in [1.165, 1.54) is 36.8 Å². The van der Waals surface area contributed by atoms with Crippen LogP contribution >= 0.6 is 0 Å². The highest BCUT2D eigenvalue weighted by Crippen LogP contribution is 2.66. The van der Waals surface area contributed by atoms with Crippen molar-refractivity contribution >= 4 is 0 Å². The lowest BCUT2D eigenvalue weighted by molar-refractivity contribution is -0.121. The van der Waals surface area contributed by atoms with Crippen molar-refractivity contribution in [1.29, 1.82) is 0 Å². The van der Waals surface area contributed by atoms with Gasteiger partial charge in [0, 0.05) is 6.20 Å². The van der Waals surface area contributed by atoms with Crippen molar-refractivity contribution in [2.45, 2.75) is 97.7 Å². The molecule has 3 aliphatic carbocycles. The predicted octanol–water partition coefficient (Wildman–Crippen LogP) is 7.13. The molecule has 1 aromatic rings. The average molecular weight is 401 g/mol. The summed E-state index contributed by atoms with van der Waals surface area (Å²) in [6.45, 7) is 14.3. The maximum absolute atomic E-state index is 16.5. The number of fused-ring (bicyclic) bond motifs is 3. The molecule has 1 aromatic heterocycles. The summed E-state index contributed by atoms with van der Waals surface area (Å²) in [5.41, 5.74) is 1.91. The number of nitrogens with zero attached hydrogens (tertiary/aromatic N) is 2. The fraction of sp³-hybridized carbons (Fsp3) is 0.808. The molecule has 0 amide bonds. The summed E-state index contributed by atoms with van der Waals surface area (Å²) in [7, 11) is 0. The van der Waals surface area contributed by atoms with Gasteiger partial charge in [-0.3, -0.25) is 4.68 Å².